The zero-order valence-corrected chi connectivity index (χ0v) is 14.1. The van der Waals surface area contributed by atoms with Gasteiger partial charge >= 0.3 is 18.5 Å². The molecule has 0 saturated carbocycles. The molecule has 1 unspecified atom stereocenters. The number of aromatic nitrogens is 2. The summed E-state index contributed by atoms with van der Waals surface area (Å²) in [6.07, 6.45) is -21.3. The van der Waals surface area contributed by atoms with E-state index >= 15 is 0 Å². The summed E-state index contributed by atoms with van der Waals surface area (Å²) in [5.41, 5.74) is 0.519. The summed E-state index contributed by atoms with van der Waals surface area (Å²) in [5, 5.41) is 3.09. The van der Waals surface area contributed by atoms with E-state index in [1.165, 1.54) is 0 Å². The molecule has 160 valence electrons. The van der Waals surface area contributed by atoms with Crippen molar-refractivity contribution in [3.63, 3.8) is 0 Å². The van der Waals surface area contributed by atoms with Crippen molar-refractivity contribution >= 4 is 5.91 Å². The van der Waals surface area contributed by atoms with Crippen molar-refractivity contribution in [2.45, 2.75) is 24.6 Å². The average Bonchev–Trinajstić information content (AvgIpc) is 2.91. The fraction of sp³-hybridized carbons (Fsp3) is 0.333. The highest BCUT2D eigenvalue weighted by molar-refractivity contribution is 6.01. The molecule has 2 aromatic rings. The van der Waals surface area contributed by atoms with Crippen LogP contribution < -0.4 is 10.5 Å². The molecular weight excluding hydrogens is 425 g/mol. The number of amides is 1. The van der Waals surface area contributed by atoms with E-state index in [9.17, 15) is 44.3 Å². The average molecular weight is 435 g/mol. The number of carbonyl (C=O) groups excluding carboxylic acids is 1. The fourth-order valence-corrected chi connectivity index (χ4v) is 2.40. The molecule has 0 aliphatic carbocycles. The zero-order chi connectivity index (χ0) is 22.4. The summed E-state index contributed by atoms with van der Waals surface area (Å²) in [5.74, 6) is -2.77. The van der Waals surface area contributed by atoms with Gasteiger partial charge in [0.25, 0.3) is 12.1 Å². The van der Waals surface area contributed by atoms with Crippen LogP contribution in [0.1, 0.15) is 16.1 Å². The summed E-state index contributed by atoms with van der Waals surface area (Å²) >= 11 is 0. The first-order valence-corrected chi connectivity index (χ1v) is 7.38. The SMILES string of the molecule is Cn1nc(C(F)(F)F)c(C(N)=O)c1-c1ccccc1OC(F)(F)C(F)C(F)(F)F. The van der Waals surface area contributed by atoms with Gasteiger partial charge in [-0.25, -0.2) is 4.39 Å². The van der Waals surface area contributed by atoms with Gasteiger partial charge in [0.05, 0.1) is 11.3 Å². The lowest BCUT2D eigenvalue weighted by molar-refractivity contribution is -0.304. The minimum Gasteiger partial charge on any atom is -0.429 e. The van der Waals surface area contributed by atoms with E-state index in [0.29, 0.717) is 10.7 Å². The molecule has 1 heterocycles. The molecule has 0 bridgehead atoms. The van der Waals surface area contributed by atoms with Crippen LogP contribution in [0.5, 0.6) is 5.75 Å². The van der Waals surface area contributed by atoms with E-state index in [1.54, 1.807) is 0 Å². The summed E-state index contributed by atoms with van der Waals surface area (Å²) in [6.45, 7) is 0. The number of hydrogen-bond donors (Lipinski definition) is 1. The maximum atomic E-state index is 13.6. The van der Waals surface area contributed by atoms with E-state index in [4.69, 9.17) is 5.73 Å². The minimum absolute atomic E-state index is 0.458. The number of para-hydroxylation sites is 1. The van der Waals surface area contributed by atoms with Crippen LogP contribution in [0.4, 0.5) is 39.5 Å². The molecule has 1 atom stereocenters. The Bertz CT molecular complexity index is 919. The molecule has 1 amide bonds. The van der Waals surface area contributed by atoms with Gasteiger partial charge in [-0.15, -0.1) is 0 Å². The second-order valence-corrected chi connectivity index (χ2v) is 5.62. The lowest BCUT2D eigenvalue weighted by Crippen LogP contribution is -2.45. The van der Waals surface area contributed by atoms with Gasteiger partial charge in [0.15, 0.2) is 5.69 Å². The number of benzene rings is 1. The first kappa shape index (κ1) is 22.4. The van der Waals surface area contributed by atoms with Crippen molar-refractivity contribution in [3.8, 4) is 17.0 Å². The largest absolute Gasteiger partial charge is 0.439 e. The van der Waals surface area contributed by atoms with Gasteiger partial charge in [0.1, 0.15) is 5.75 Å². The number of nitrogens with zero attached hydrogens (tertiary/aromatic N) is 2. The maximum absolute atomic E-state index is 13.6. The molecule has 0 saturated heterocycles. The Kier molecular flexibility index (Phi) is 5.51. The van der Waals surface area contributed by atoms with Crippen LogP contribution in [-0.4, -0.2) is 34.1 Å². The van der Waals surface area contributed by atoms with E-state index < -0.39 is 58.8 Å². The number of primary amides is 1. The van der Waals surface area contributed by atoms with Crippen LogP contribution >= 0.6 is 0 Å². The van der Waals surface area contributed by atoms with Gasteiger partial charge < -0.3 is 10.5 Å². The number of halogens is 9. The number of hydrogen-bond acceptors (Lipinski definition) is 3. The van der Waals surface area contributed by atoms with Crippen molar-refractivity contribution in [3.05, 3.63) is 35.5 Å². The smallest absolute Gasteiger partial charge is 0.429 e. The molecule has 2 N–H and O–H groups in total. The molecule has 1 aromatic heterocycles. The lowest BCUT2D eigenvalue weighted by atomic mass is 10.0. The molecule has 0 aliphatic heterocycles. The molecule has 1 aromatic carbocycles. The number of nitrogens with two attached hydrogens (primary N) is 1. The minimum atomic E-state index is -5.98. The number of ether oxygens (including phenoxy) is 1. The predicted molar refractivity (Wildman–Crippen MR) is 78.7 cm³/mol. The molecular formula is C15H10F9N3O2. The Hall–Kier alpha value is -2.93. The van der Waals surface area contributed by atoms with Crippen molar-refractivity contribution in [2.75, 3.05) is 0 Å². The second kappa shape index (κ2) is 7.15. The second-order valence-electron chi connectivity index (χ2n) is 5.62. The predicted octanol–water partition coefficient (Wildman–Crippen LogP) is 4.08. The third-order valence-electron chi connectivity index (χ3n) is 3.53. The van der Waals surface area contributed by atoms with Crippen LogP contribution in [0.25, 0.3) is 11.3 Å². The van der Waals surface area contributed by atoms with Crippen molar-refractivity contribution in [1.29, 1.82) is 0 Å². The van der Waals surface area contributed by atoms with Crippen LogP contribution in [0, 0.1) is 0 Å². The van der Waals surface area contributed by atoms with Crippen LogP contribution in [0.15, 0.2) is 24.3 Å². The Morgan fingerprint density at radius 2 is 1.66 bits per heavy atom. The third kappa shape index (κ3) is 4.40. The number of carbonyl (C=O) groups is 1. The van der Waals surface area contributed by atoms with Gasteiger partial charge in [0, 0.05) is 12.6 Å². The molecule has 2 rings (SSSR count). The third-order valence-corrected chi connectivity index (χ3v) is 3.53. The van der Waals surface area contributed by atoms with Crippen LogP contribution in [0.2, 0.25) is 0 Å². The summed E-state index contributed by atoms with van der Waals surface area (Å²) in [4.78, 5) is 11.6. The monoisotopic (exact) mass is 435 g/mol. The summed E-state index contributed by atoms with van der Waals surface area (Å²) < 4.78 is 121. The van der Waals surface area contributed by atoms with Gasteiger partial charge in [-0.2, -0.15) is 40.2 Å². The molecule has 0 radical (unpaired) electrons. The van der Waals surface area contributed by atoms with E-state index in [1.807, 2.05) is 0 Å². The van der Waals surface area contributed by atoms with Gasteiger partial charge in [-0.1, -0.05) is 12.1 Å². The normalized spacial score (nSPS) is 14.0. The first-order chi connectivity index (χ1) is 13.1. The summed E-state index contributed by atoms with van der Waals surface area (Å²) in [6, 6.07) is 3.59. The Balaban J connectivity index is 2.66. The van der Waals surface area contributed by atoms with Crippen molar-refractivity contribution in [1.82, 2.24) is 9.78 Å². The summed E-state index contributed by atoms with van der Waals surface area (Å²) in [7, 11) is 0.902. The highest BCUT2D eigenvalue weighted by Gasteiger charge is 2.59. The zero-order valence-electron chi connectivity index (χ0n) is 14.1. The van der Waals surface area contributed by atoms with Crippen molar-refractivity contribution < 1.29 is 49.0 Å². The number of aryl methyl sites for hydroxylation is 1. The molecule has 0 fully saturated rings. The van der Waals surface area contributed by atoms with E-state index in [2.05, 4.69) is 9.84 Å². The Morgan fingerprint density at radius 3 is 2.14 bits per heavy atom. The fourth-order valence-electron chi connectivity index (χ4n) is 2.40. The molecule has 0 spiro atoms. The topological polar surface area (TPSA) is 70.1 Å². The van der Waals surface area contributed by atoms with Gasteiger partial charge in [-0.3, -0.25) is 9.48 Å². The number of rotatable bonds is 5. The standard InChI is InChI=1S/C15H10F9N3O2/c1-27-9(8(11(25)28)10(26-27)13(17,18)19)6-4-2-3-5-7(6)29-15(23,24)12(16)14(20,21)22/h2-5,12H,1H3,(H2,25,28). The van der Waals surface area contributed by atoms with Crippen LogP contribution in [-0.2, 0) is 13.2 Å². The van der Waals surface area contributed by atoms with E-state index in [-0.39, 0.29) is 0 Å². The molecule has 29 heavy (non-hydrogen) atoms. The Morgan fingerprint density at radius 1 is 1.10 bits per heavy atom. The van der Waals surface area contributed by atoms with Gasteiger partial charge in [-0.05, 0) is 12.1 Å². The molecule has 14 heteroatoms. The molecule has 5 nitrogen and oxygen atoms in total. The van der Waals surface area contributed by atoms with Crippen molar-refractivity contribution in [2.24, 2.45) is 12.8 Å². The highest BCUT2D eigenvalue weighted by atomic mass is 19.4. The quantitative estimate of drug-likeness (QED) is 0.720. The first-order valence-electron chi connectivity index (χ1n) is 7.38. The maximum Gasteiger partial charge on any atom is 0.439 e. The lowest BCUT2D eigenvalue weighted by Gasteiger charge is -2.24. The molecule has 0 aliphatic rings. The van der Waals surface area contributed by atoms with Gasteiger partial charge in [0.2, 0.25) is 0 Å². The highest BCUT2D eigenvalue weighted by Crippen LogP contribution is 2.42. The Labute approximate surface area is 155 Å². The van der Waals surface area contributed by atoms with Crippen LogP contribution in [0.3, 0.4) is 0 Å². The number of alkyl halides is 9. The van der Waals surface area contributed by atoms with E-state index in [0.717, 1.165) is 25.2 Å².